The lowest BCUT2D eigenvalue weighted by atomic mass is 10.1. The highest BCUT2D eigenvalue weighted by Gasteiger charge is 2.18. The number of methoxy groups -OCH3 is 3. The first-order valence-electron chi connectivity index (χ1n) is 5.22. The molecule has 0 fully saturated rings. The smallest absolute Gasteiger partial charge is 0.203 e. The standard InChI is InChI=1S/C12H14N2O3S/c1-15-9-5-4-7(8-6-10(13)18-14-8)11(16-2)12(9)17-3/h4-6H,13H2,1-3H3. The van der Waals surface area contributed by atoms with Crippen LogP contribution in [0.25, 0.3) is 11.3 Å². The van der Waals surface area contributed by atoms with Gasteiger partial charge >= 0.3 is 0 Å². The lowest BCUT2D eigenvalue weighted by Gasteiger charge is -2.14. The summed E-state index contributed by atoms with van der Waals surface area (Å²) < 4.78 is 20.2. The molecule has 96 valence electrons. The van der Waals surface area contributed by atoms with Crippen LogP contribution in [-0.2, 0) is 0 Å². The van der Waals surface area contributed by atoms with E-state index in [0.29, 0.717) is 22.2 Å². The van der Waals surface area contributed by atoms with Gasteiger partial charge in [0.05, 0.1) is 27.0 Å². The molecule has 0 unspecified atom stereocenters. The largest absolute Gasteiger partial charge is 0.493 e. The van der Waals surface area contributed by atoms with Crippen LogP contribution in [-0.4, -0.2) is 25.7 Å². The first kappa shape index (κ1) is 12.5. The number of hydrogen-bond donors (Lipinski definition) is 1. The third kappa shape index (κ3) is 2.06. The zero-order valence-corrected chi connectivity index (χ0v) is 11.2. The molecule has 0 aliphatic rings. The van der Waals surface area contributed by atoms with Gasteiger partial charge in [-0.05, 0) is 23.7 Å². The molecule has 0 radical (unpaired) electrons. The minimum Gasteiger partial charge on any atom is -0.493 e. The second-order valence-corrected chi connectivity index (χ2v) is 4.33. The van der Waals surface area contributed by atoms with Gasteiger partial charge in [0.1, 0.15) is 5.00 Å². The van der Waals surface area contributed by atoms with E-state index in [1.54, 1.807) is 27.4 Å². The highest BCUT2D eigenvalue weighted by atomic mass is 32.1. The highest BCUT2D eigenvalue weighted by Crippen LogP contribution is 2.44. The van der Waals surface area contributed by atoms with Gasteiger partial charge in [0, 0.05) is 11.6 Å². The lowest BCUT2D eigenvalue weighted by molar-refractivity contribution is 0.325. The van der Waals surface area contributed by atoms with E-state index < -0.39 is 0 Å². The number of aromatic nitrogens is 1. The van der Waals surface area contributed by atoms with Crippen molar-refractivity contribution in [1.82, 2.24) is 4.37 Å². The highest BCUT2D eigenvalue weighted by molar-refractivity contribution is 7.10. The predicted octanol–water partition coefficient (Wildman–Crippen LogP) is 2.42. The Morgan fingerprint density at radius 3 is 2.28 bits per heavy atom. The minimum absolute atomic E-state index is 0.545. The normalized spacial score (nSPS) is 10.2. The van der Waals surface area contributed by atoms with Crippen molar-refractivity contribution in [1.29, 1.82) is 0 Å². The first-order chi connectivity index (χ1) is 8.71. The van der Waals surface area contributed by atoms with Gasteiger partial charge in [-0.3, -0.25) is 0 Å². The summed E-state index contributed by atoms with van der Waals surface area (Å²) in [6.07, 6.45) is 0. The van der Waals surface area contributed by atoms with E-state index in [4.69, 9.17) is 19.9 Å². The van der Waals surface area contributed by atoms with Crippen molar-refractivity contribution in [2.24, 2.45) is 0 Å². The molecule has 0 saturated heterocycles. The van der Waals surface area contributed by atoms with Crippen molar-refractivity contribution in [2.45, 2.75) is 0 Å². The molecule has 6 heteroatoms. The number of nitrogens with two attached hydrogens (primary N) is 1. The summed E-state index contributed by atoms with van der Waals surface area (Å²) >= 11 is 1.24. The second-order valence-electron chi connectivity index (χ2n) is 3.50. The van der Waals surface area contributed by atoms with E-state index >= 15 is 0 Å². The summed E-state index contributed by atoms with van der Waals surface area (Å²) in [6.45, 7) is 0. The number of anilines is 1. The summed E-state index contributed by atoms with van der Waals surface area (Å²) in [5, 5.41) is 0.654. The fourth-order valence-corrected chi connectivity index (χ4v) is 2.24. The van der Waals surface area contributed by atoms with Crippen molar-refractivity contribution < 1.29 is 14.2 Å². The molecule has 0 aliphatic carbocycles. The van der Waals surface area contributed by atoms with E-state index in [9.17, 15) is 0 Å². The van der Waals surface area contributed by atoms with Gasteiger partial charge in [0.15, 0.2) is 11.5 Å². The van der Waals surface area contributed by atoms with E-state index in [2.05, 4.69) is 4.37 Å². The maximum Gasteiger partial charge on any atom is 0.203 e. The molecule has 5 nitrogen and oxygen atoms in total. The average Bonchev–Trinajstić information content (AvgIpc) is 2.83. The van der Waals surface area contributed by atoms with Crippen LogP contribution in [0.15, 0.2) is 18.2 Å². The Morgan fingerprint density at radius 1 is 1.06 bits per heavy atom. The Hall–Kier alpha value is -1.95. The van der Waals surface area contributed by atoms with Gasteiger partial charge in [-0.15, -0.1) is 0 Å². The quantitative estimate of drug-likeness (QED) is 0.920. The molecule has 0 saturated carbocycles. The monoisotopic (exact) mass is 266 g/mol. The van der Waals surface area contributed by atoms with Crippen LogP contribution in [0, 0.1) is 0 Å². The van der Waals surface area contributed by atoms with Crippen LogP contribution in [0.4, 0.5) is 5.00 Å². The number of benzene rings is 1. The van der Waals surface area contributed by atoms with Crippen LogP contribution in [0.2, 0.25) is 0 Å². The fourth-order valence-electron chi connectivity index (χ4n) is 1.72. The molecule has 0 amide bonds. The molecule has 1 aromatic heterocycles. The Kier molecular flexibility index (Phi) is 3.57. The molecule has 2 rings (SSSR count). The van der Waals surface area contributed by atoms with Gasteiger partial charge in [0.2, 0.25) is 5.75 Å². The molecule has 0 bridgehead atoms. The zero-order valence-electron chi connectivity index (χ0n) is 10.4. The van der Waals surface area contributed by atoms with E-state index in [0.717, 1.165) is 11.3 Å². The molecule has 2 N–H and O–H groups in total. The molecule has 18 heavy (non-hydrogen) atoms. The maximum atomic E-state index is 5.69. The van der Waals surface area contributed by atoms with E-state index in [-0.39, 0.29) is 0 Å². The van der Waals surface area contributed by atoms with Crippen LogP contribution >= 0.6 is 11.5 Å². The number of ether oxygens (including phenoxy) is 3. The molecular weight excluding hydrogens is 252 g/mol. The number of rotatable bonds is 4. The van der Waals surface area contributed by atoms with Crippen molar-refractivity contribution in [3.8, 4) is 28.5 Å². The predicted molar refractivity (Wildman–Crippen MR) is 71.6 cm³/mol. The molecular formula is C12H14N2O3S. The minimum atomic E-state index is 0.545. The third-order valence-electron chi connectivity index (χ3n) is 2.51. The Labute approximate surface area is 109 Å². The SMILES string of the molecule is COc1ccc(-c2cc(N)sn2)c(OC)c1OC. The van der Waals surface area contributed by atoms with E-state index in [1.165, 1.54) is 11.5 Å². The Balaban J connectivity index is 2.61. The molecule has 1 aromatic carbocycles. The van der Waals surface area contributed by atoms with Gasteiger partial charge in [0.25, 0.3) is 0 Å². The fraction of sp³-hybridized carbons (Fsp3) is 0.250. The van der Waals surface area contributed by atoms with Gasteiger partial charge in [-0.1, -0.05) is 0 Å². The van der Waals surface area contributed by atoms with Crippen molar-refractivity contribution in [2.75, 3.05) is 27.1 Å². The average molecular weight is 266 g/mol. The van der Waals surface area contributed by atoms with Crippen LogP contribution in [0.3, 0.4) is 0 Å². The molecule has 2 aromatic rings. The van der Waals surface area contributed by atoms with Crippen molar-refractivity contribution >= 4 is 16.5 Å². The molecule has 0 aliphatic heterocycles. The second kappa shape index (κ2) is 5.14. The molecule has 0 atom stereocenters. The van der Waals surface area contributed by atoms with Gasteiger partial charge in [-0.2, -0.15) is 4.37 Å². The van der Waals surface area contributed by atoms with Crippen LogP contribution in [0.5, 0.6) is 17.2 Å². The van der Waals surface area contributed by atoms with Crippen LogP contribution < -0.4 is 19.9 Å². The van der Waals surface area contributed by atoms with Crippen molar-refractivity contribution in [3.05, 3.63) is 18.2 Å². The van der Waals surface area contributed by atoms with E-state index in [1.807, 2.05) is 12.1 Å². The Bertz CT molecular complexity index is 554. The topological polar surface area (TPSA) is 66.6 Å². The number of hydrogen-bond acceptors (Lipinski definition) is 6. The summed E-state index contributed by atoms with van der Waals surface area (Å²) in [5.41, 5.74) is 7.28. The van der Waals surface area contributed by atoms with Crippen molar-refractivity contribution in [3.63, 3.8) is 0 Å². The first-order valence-corrected chi connectivity index (χ1v) is 6.00. The molecule has 1 heterocycles. The Morgan fingerprint density at radius 2 is 1.78 bits per heavy atom. The van der Waals surface area contributed by atoms with Gasteiger partial charge < -0.3 is 19.9 Å². The van der Waals surface area contributed by atoms with Gasteiger partial charge in [-0.25, -0.2) is 0 Å². The third-order valence-corrected chi connectivity index (χ3v) is 3.13. The summed E-state index contributed by atoms with van der Waals surface area (Å²) in [4.78, 5) is 0. The number of nitrogen functional groups attached to an aromatic ring is 1. The lowest BCUT2D eigenvalue weighted by Crippen LogP contribution is -1.96. The summed E-state index contributed by atoms with van der Waals surface area (Å²) in [6, 6.07) is 5.48. The summed E-state index contributed by atoms with van der Waals surface area (Å²) in [5.74, 6) is 1.74. The maximum absolute atomic E-state index is 5.69. The summed E-state index contributed by atoms with van der Waals surface area (Å²) in [7, 11) is 4.73. The molecule has 0 spiro atoms. The zero-order chi connectivity index (χ0) is 13.1. The van der Waals surface area contributed by atoms with Crippen LogP contribution in [0.1, 0.15) is 0 Å². The number of nitrogens with zero attached hydrogens (tertiary/aromatic N) is 1.